The van der Waals surface area contributed by atoms with Crippen LogP contribution in [-0.2, 0) is 27.4 Å². The number of amides is 1. The molecule has 10 atom stereocenters. The predicted octanol–water partition coefficient (Wildman–Crippen LogP) is 0.635. The van der Waals surface area contributed by atoms with E-state index in [9.17, 15) is 45.3 Å². The number of aryl methyl sites for hydroxylation is 1. The molecule has 1 saturated heterocycles. The summed E-state index contributed by atoms with van der Waals surface area (Å²) in [7, 11) is 1.82. The van der Waals surface area contributed by atoms with Gasteiger partial charge in [0.1, 0.15) is 77.9 Å². The van der Waals surface area contributed by atoms with E-state index < -0.39 is 55.3 Å². The number of hydrogen-bond acceptors (Lipinski definition) is 15. The first kappa shape index (κ1) is 43.8. The monoisotopic (exact) mass is 881 g/mol. The lowest BCUT2D eigenvalue weighted by molar-refractivity contribution is -0.763. The first-order chi connectivity index (χ1) is 30.7. The molecule has 17 heteroatoms. The number of fused-ring (bicyclic) bond motifs is 4. The molecule has 64 heavy (non-hydrogen) atoms. The fourth-order valence-electron chi connectivity index (χ4n) is 10.2. The normalized spacial score (nSPS) is 27.2. The number of carbonyl (C=O) groups is 1. The van der Waals surface area contributed by atoms with E-state index in [-0.39, 0.29) is 47.0 Å². The topological polar surface area (TPSA) is 257 Å². The number of aliphatic imine (C=N–C) groups is 1. The van der Waals surface area contributed by atoms with E-state index in [1.54, 1.807) is 19.2 Å². The molecule has 5 heterocycles. The van der Waals surface area contributed by atoms with Crippen molar-refractivity contribution in [1.29, 1.82) is 0 Å². The fraction of sp³-hybridized carbons (Fsp3) is 0.426. The summed E-state index contributed by atoms with van der Waals surface area (Å²) >= 11 is 0. The zero-order valence-corrected chi connectivity index (χ0v) is 35.4. The van der Waals surface area contributed by atoms with Crippen molar-refractivity contribution in [2.45, 2.75) is 68.2 Å². The van der Waals surface area contributed by atoms with Gasteiger partial charge >= 0.3 is 0 Å². The molecular formula is C47H53N4O13+. The number of aliphatic hydroxyl groups is 5. The van der Waals surface area contributed by atoms with Crippen molar-refractivity contribution in [1.82, 2.24) is 10.6 Å². The maximum Gasteiger partial charge on any atom is 0.222 e. The number of phenolic OH excluding ortho intramolecular Hbond substituents is 2. The number of hydrogen-bond donors (Lipinski definition) is 10. The number of benzene rings is 3. The van der Waals surface area contributed by atoms with E-state index in [4.69, 9.17) is 18.9 Å². The minimum absolute atomic E-state index is 0.0499. The molecule has 1 amide bonds. The van der Waals surface area contributed by atoms with E-state index >= 15 is 0 Å². The second-order valence-corrected chi connectivity index (χ2v) is 17.8. The predicted molar refractivity (Wildman–Crippen MR) is 232 cm³/mol. The molecular weight excluding hydrogens is 829 g/mol. The summed E-state index contributed by atoms with van der Waals surface area (Å²) < 4.78 is 13.8. The Hall–Kier alpha value is -5.47. The number of ether oxygens (including phenoxy) is 1. The van der Waals surface area contributed by atoms with Crippen molar-refractivity contribution >= 4 is 39.6 Å². The standard InChI is InChI=1S/C47H52N4O13/c1-24-11-37(55)34-12-28-13-39(64-61-23-46(60,45(59)42(58)38(56)22-52)16-26-4-8-36(54)32-7-6-31(53)15-33(26)32)47(17-25(3-5-30(47)19-48-2)29-14-40(57)50-18-29)63-43(28)41(44(34)62-24)51-20-27-9-10-49-35(27)21-51/h3-12,15,21,25,29-30,38-39,42,45,48,52-54,56,58-60H,13-14,16-20,22-23H2,1-2H3,(H,50,57)/p+1. The van der Waals surface area contributed by atoms with Gasteiger partial charge < -0.3 is 55.5 Å². The number of carbonyl (C=O) groups excluding carboxylic acids is 1. The number of quaternary nitrogens is 1. The lowest BCUT2D eigenvalue weighted by Crippen LogP contribution is -3.01. The van der Waals surface area contributed by atoms with Crippen LogP contribution in [0.3, 0.4) is 0 Å². The van der Waals surface area contributed by atoms with Crippen LogP contribution in [0.2, 0.25) is 0 Å². The maximum atomic E-state index is 13.7. The third-order valence-electron chi connectivity index (χ3n) is 13.6. The number of nitrogens with zero attached hydrogens (tertiary/aromatic N) is 1. The van der Waals surface area contributed by atoms with Crippen molar-refractivity contribution < 1.29 is 64.4 Å². The summed E-state index contributed by atoms with van der Waals surface area (Å²) in [4.78, 5) is 44.1. The molecule has 0 bridgehead atoms. The van der Waals surface area contributed by atoms with E-state index in [2.05, 4.69) is 27.8 Å². The van der Waals surface area contributed by atoms with Gasteiger partial charge in [0.15, 0.2) is 11.2 Å². The molecule has 338 valence electrons. The molecule has 5 aliphatic rings. The molecule has 1 spiro atoms. The quantitative estimate of drug-likeness (QED) is 0.0474. The number of rotatable bonds is 14. The number of phenols is 2. The molecule has 1 aliphatic carbocycles. The van der Waals surface area contributed by atoms with Gasteiger partial charge in [-0.1, -0.05) is 18.2 Å². The number of aliphatic hydroxyl groups excluding tert-OH is 4. The SMILES string of the molecule is CNCC1C=CC(C2CNC(=O)C2)CC12Oc1c(cc3c(=O)cc(C)oc3c1[NH+]1C=C3N=CC=C3C1)CC2OOCC(O)(Cc1ccc(O)c2ccc(O)cc12)C(O)C(O)C(O)CO. The van der Waals surface area contributed by atoms with Crippen molar-refractivity contribution in [3.05, 3.63) is 105 Å². The van der Waals surface area contributed by atoms with Crippen LogP contribution < -0.4 is 25.7 Å². The van der Waals surface area contributed by atoms with Crippen molar-refractivity contribution in [2.24, 2.45) is 22.7 Å². The average Bonchev–Trinajstić information content (AvgIpc) is 4.02. The molecule has 1 fully saturated rings. The Morgan fingerprint density at radius 1 is 1.06 bits per heavy atom. The number of aromatic hydroxyl groups is 2. The van der Waals surface area contributed by atoms with Gasteiger partial charge in [-0.2, -0.15) is 0 Å². The van der Waals surface area contributed by atoms with E-state index in [1.165, 1.54) is 36.4 Å². The van der Waals surface area contributed by atoms with E-state index in [1.807, 2.05) is 19.3 Å². The first-order valence-electron chi connectivity index (χ1n) is 21.5. The Morgan fingerprint density at radius 2 is 1.89 bits per heavy atom. The zero-order valence-electron chi connectivity index (χ0n) is 35.4. The Kier molecular flexibility index (Phi) is 11.7. The van der Waals surface area contributed by atoms with Crippen LogP contribution in [0.1, 0.15) is 29.7 Å². The molecule has 0 saturated carbocycles. The zero-order chi connectivity index (χ0) is 45.1. The van der Waals surface area contributed by atoms with Crippen LogP contribution in [0.5, 0.6) is 17.2 Å². The largest absolute Gasteiger partial charge is 0.508 e. The van der Waals surface area contributed by atoms with Crippen molar-refractivity contribution in [3.8, 4) is 17.2 Å². The van der Waals surface area contributed by atoms with Crippen LogP contribution in [-0.4, -0.2) is 123 Å². The second kappa shape index (κ2) is 17.2. The summed E-state index contributed by atoms with van der Waals surface area (Å²) in [5, 5.41) is 83.3. The van der Waals surface area contributed by atoms with Crippen molar-refractivity contribution in [2.75, 3.05) is 39.9 Å². The first-order valence-corrected chi connectivity index (χ1v) is 21.5. The Balaban J connectivity index is 1.13. The van der Waals surface area contributed by atoms with Crippen LogP contribution in [0.15, 0.2) is 92.4 Å². The van der Waals surface area contributed by atoms with Crippen LogP contribution in [0.25, 0.3) is 21.7 Å². The van der Waals surface area contributed by atoms with E-state index in [0.717, 1.165) is 16.2 Å². The highest BCUT2D eigenvalue weighted by Gasteiger charge is 2.57. The van der Waals surface area contributed by atoms with Gasteiger partial charge in [0.2, 0.25) is 17.2 Å². The minimum Gasteiger partial charge on any atom is -0.508 e. The second-order valence-electron chi connectivity index (χ2n) is 17.8. The Bertz CT molecular complexity index is 2680. The number of nitrogens with one attached hydrogen (secondary N) is 3. The highest BCUT2D eigenvalue weighted by atomic mass is 17.2. The van der Waals surface area contributed by atoms with Gasteiger partial charge in [-0.15, -0.1) is 0 Å². The van der Waals surface area contributed by atoms with E-state index in [0.29, 0.717) is 82.5 Å². The minimum atomic E-state index is -2.43. The Labute approximate surface area is 367 Å². The molecule has 10 N–H and O–H groups in total. The molecule has 17 nitrogen and oxygen atoms in total. The average molecular weight is 882 g/mol. The molecule has 4 aromatic rings. The highest BCUT2D eigenvalue weighted by Crippen LogP contribution is 2.51. The Morgan fingerprint density at radius 3 is 2.64 bits per heavy atom. The molecule has 1 aromatic heterocycles. The van der Waals surface area contributed by atoms with Crippen molar-refractivity contribution in [3.63, 3.8) is 0 Å². The highest BCUT2D eigenvalue weighted by molar-refractivity contribution is 5.92. The van der Waals surface area contributed by atoms with Crippen LogP contribution in [0.4, 0.5) is 5.69 Å². The van der Waals surface area contributed by atoms with Gasteiger partial charge in [-0.05, 0) is 79.6 Å². The molecule has 9 rings (SSSR count). The summed E-state index contributed by atoms with van der Waals surface area (Å²) in [6.45, 7) is 1.41. The molecule has 10 unspecified atom stereocenters. The number of allylic oxidation sites excluding steroid dienone is 2. The lowest BCUT2D eigenvalue weighted by atomic mass is 9.66. The van der Waals surface area contributed by atoms with Gasteiger partial charge in [-0.3, -0.25) is 19.5 Å². The van der Waals surface area contributed by atoms with Crippen LogP contribution >= 0.6 is 0 Å². The lowest BCUT2D eigenvalue weighted by Gasteiger charge is -2.51. The van der Waals surface area contributed by atoms with Gasteiger partial charge in [0, 0.05) is 67.1 Å². The van der Waals surface area contributed by atoms with Gasteiger partial charge in [0.05, 0.1) is 12.0 Å². The van der Waals surface area contributed by atoms with Gasteiger partial charge in [-0.25, -0.2) is 9.78 Å². The molecule has 3 aromatic carbocycles. The smallest absolute Gasteiger partial charge is 0.222 e. The third kappa shape index (κ3) is 7.80. The third-order valence-corrected chi connectivity index (χ3v) is 13.6. The summed E-state index contributed by atoms with van der Waals surface area (Å²) in [5.74, 6) is 0.0710. The summed E-state index contributed by atoms with van der Waals surface area (Å²) in [5.41, 5.74) is -0.107. The van der Waals surface area contributed by atoms with Crippen LogP contribution in [0, 0.1) is 24.7 Å². The summed E-state index contributed by atoms with van der Waals surface area (Å²) in [6.07, 6.45) is 3.24. The fourth-order valence-corrected chi connectivity index (χ4v) is 10.2. The summed E-state index contributed by atoms with van der Waals surface area (Å²) in [6, 6.07) is 10.3. The maximum absolute atomic E-state index is 13.7. The molecule has 0 radical (unpaired) electrons. The molecule has 4 aliphatic heterocycles. The van der Waals surface area contributed by atoms with Gasteiger partial charge in [0.25, 0.3) is 0 Å².